The molecule has 2 N–H and O–H groups in total. The van der Waals surface area contributed by atoms with Crippen molar-refractivity contribution in [2.75, 3.05) is 13.6 Å². The highest BCUT2D eigenvalue weighted by Gasteiger charge is 2.00. The molecule has 1 atom stereocenters. The maximum Gasteiger partial charge on any atom is 0.307 e. The summed E-state index contributed by atoms with van der Waals surface area (Å²) in [5, 5.41) is 0. The van der Waals surface area contributed by atoms with Crippen LogP contribution in [-0.4, -0.2) is 30.3 Å². The van der Waals surface area contributed by atoms with E-state index in [2.05, 4.69) is 17.9 Å². The van der Waals surface area contributed by atoms with E-state index in [9.17, 15) is 0 Å². The number of hydrogen-bond donors (Lipinski definition) is 1. The van der Waals surface area contributed by atoms with Crippen molar-refractivity contribution in [3.05, 3.63) is 0 Å². The van der Waals surface area contributed by atoms with Gasteiger partial charge in [-0.2, -0.15) is 0 Å². The highest BCUT2D eigenvalue weighted by Crippen LogP contribution is 1.91. The first kappa shape index (κ1) is 14.2. The smallest absolute Gasteiger partial charge is 0.289 e. The van der Waals surface area contributed by atoms with Gasteiger partial charge in [-0.1, -0.05) is 13.3 Å². The molecule has 0 aliphatic heterocycles. The Bertz CT molecular complexity index is 162. The summed E-state index contributed by atoms with van der Waals surface area (Å²) < 4.78 is 1.88. The van der Waals surface area contributed by atoms with Gasteiger partial charge in [0.1, 0.15) is 0 Å². The van der Waals surface area contributed by atoms with Crippen LogP contribution in [-0.2, 0) is 0 Å². The molecule has 0 spiro atoms. The molecule has 1 unspecified atom stereocenters. The average molecular weight is 193 g/mol. The lowest BCUT2D eigenvalue weighted by molar-refractivity contribution is -0.486. The monoisotopic (exact) mass is 192 g/mol. The molecule has 0 bridgehead atoms. The van der Waals surface area contributed by atoms with E-state index in [1.807, 2.05) is 18.5 Å². The lowest BCUT2D eigenvalue weighted by atomic mass is 10.3. The van der Waals surface area contributed by atoms with Gasteiger partial charge in [0.2, 0.25) is 0 Å². The standard InChI is InChI=1S/C8H18N3.ClH/c1-4-6-8(9)10-7-11(3)5-2;/h8H,4-6,9H2,1-3H3;1H/q+1;. The predicted octanol–water partition coefficient (Wildman–Crippen LogP) is 1.33. The van der Waals surface area contributed by atoms with E-state index < -0.39 is 0 Å². The summed E-state index contributed by atoms with van der Waals surface area (Å²) in [7, 11) is 1.93. The van der Waals surface area contributed by atoms with Crippen molar-refractivity contribution in [3.63, 3.8) is 0 Å². The summed E-state index contributed by atoms with van der Waals surface area (Å²) >= 11 is 0. The largest absolute Gasteiger partial charge is 0.307 e. The second kappa shape index (κ2) is 8.72. The molecule has 0 aliphatic rings. The number of aliphatic imine (C=N–C) groups is 1. The molecule has 0 amide bonds. The third-order valence-corrected chi connectivity index (χ3v) is 1.45. The first-order chi connectivity index (χ1) is 5.20. The van der Waals surface area contributed by atoms with E-state index in [-0.39, 0.29) is 18.6 Å². The summed E-state index contributed by atoms with van der Waals surface area (Å²) in [5.74, 6) is 0. The molecule has 0 saturated carbocycles. The van der Waals surface area contributed by atoms with Gasteiger partial charge < -0.3 is 0 Å². The maximum atomic E-state index is 5.63. The fraction of sp³-hybridized carbons (Fsp3) is 0.875. The number of hydrogen-bond acceptors (Lipinski definition) is 2. The van der Waals surface area contributed by atoms with Crippen molar-refractivity contribution in [3.8, 4) is 0 Å². The molecule has 12 heavy (non-hydrogen) atoms. The van der Waals surface area contributed by atoms with Crippen LogP contribution >= 0.6 is 12.4 Å². The normalized spacial score (nSPS) is 11.0. The van der Waals surface area contributed by atoms with E-state index in [0.29, 0.717) is 0 Å². The molecular weight excluding hydrogens is 174 g/mol. The highest BCUT2D eigenvalue weighted by molar-refractivity contribution is 5.85. The van der Waals surface area contributed by atoms with E-state index in [1.54, 1.807) is 0 Å². The van der Waals surface area contributed by atoms with Crippen LogP contribution in [0.25, 0.3) is 0 Å². The Morgan fingerprint density at radius 2 is 2.08 bits per heavy atom. The Balaban J connectivity index is 0. The number of nitrogens with zero attached hydrogens (tertiary/aromatic N) is 2. The summed E-state index contributed by atoms with van der Waals surface area (Å²) in [5.41, 5.74) is 5.63. The Morgan fingerprint density at radius 3 is 2.50 bits per heavy atom. The molecule has 0 radical (unpaired) electrons. The van der Waals surface area contributed by atoms with Crippen LogP contribution < -0.4 is 5.73 Å². The van der Waals surface area contributed by atoms with Gasteiger partial charge in [-0.15, -0.1) is 12.4 Å². The summed E-state index contributed by atoms with van der Waals surface area (Å²) in [6.07, 6.45) is 1.93. The van der Waals surface area contributed by atoms with Gasteiger partial charge in [-0.25, -0.2) is 4.58 Å². The molecule has 0 rings (SSSR count). The molecule has 0 fully saturated rings. The van der Waals surface area contributed by atoms with Gasteiger partial charge in [0.25, 0.3) is 0 Å². The molecule has 0 aliphatic carbocycles. The molecule has 3 nitrogen and oxygen atoms in total. The van der Waals surface area contributed by atoms with Crippen LogP contribution in [0.3, 0.4) is 0 Å². The van der Waals surface area contributed by atoms with Crippen molar-refractivity contribution in [2.45, 2.75) is 32.9 Å². The van der Waals surface area contributed by atoms with Gasteiger partial charge in [0.05, 0.1) is 13.6 Å². The van der Waals surface area contributed by atoms with Crippen molar-refractivity contribution in [1.29, 1.82) is 0 Å². The minimum Gasteiger partial charge on any atom is -0.289 e. The van der Waals surface area contributed by atoms with Crippen LogP contribution in [0.1, 0.15) is 26.7 Å². The number of halogens is 1. The van der Waals surface area contributed by atoms with E-state index >= 15 is 0 Å². The Morgan fingerprint density at radius 1 is 1.50 bits per heavy atom. The minimum absolute atomic E-state index is 0. The fourth-order valence-corrected chi connectivity index (χ4v) is 0.604. The van der Waals surface area contributed by atoms with E-state index in [4.69, 9.17) is 5.73 Å². The quantitative estimate of drug-likeness (QED) is 0.530. The molecule has 0 aromatic rings. The fourth-order valence-electron chi connectivity index (χ4n) is 0.604. The van der Waals surface area contributed by atoms with Crippen molar-refractivity contribution in [1.82, 2.24) is 0 Å². The zero-order chi connectivity index (χ0) is 8.69. The van der Waals surface area contributed by atoms with Gasteiger partial charge in [0.15, 0.2) is 6.17 Å². The number of rotatable bonds is 4. The molecule has 72 valence electrons. The molecule has 0 aromatic carbocycles. The second-order valence-corrected chi connectivity index (χ2v) is 2.60. The second-order valence-electron chi connectivity index (χ2n) is 2.60. The topological polar surface area (TPSA) is 41.4 Å². The molecule has 0 saturated heterocycles. The number of nitrogens with two attached hydrogens (primary N) is 1. The molecular formula is C8H19ClN3+. The minimum atomic E-state index is -0.0750. The summed E-state index contributed by atoms with van der Waals surface area (Å²) in [6.45, 7) is 5.06. The van der Waals surface area contributed by atoms with Gasteiger partial charge in [-0.05, 0) is 11.9 Å². The van der Waals surface area contributed by atoms with Crippen LogP contribution in [0.4, 0.5) is 0 Å². The van der Waals surface area contributed by atoms with Crippen LogP contribution in [0, 0.1) is 0 Å². The van der Waals surface area contributed by atoms with E-state index in [0.717, 1.165) is 19.4 Å². The van der Waals surface area contributed by atoms with Gasteiger partial charge in [-0.3, -0.25) is 5.73 Å². The van der Waals surface area contributed by atoms with E-state index in [1.165, 1.54) is 0 Å². The molecule has 0 heterocycles. The average Bonchev–Trinajstić information content (AvgIpc) is 2.01. The Kier molecular flexibility index (Phi) is 10.3. The van der Waals surface area contributed by atoms with Crippen LogP contribution in [0.2, 0.25) is 0 Å². The third kappa shape index (κ3) is 7.73. The van der Waals surface area contributed by atoms with Crippen LogP contribution in [0.5, 0.6) is 0 Å². The van der Waals surface area contributed by atoms with Crippen LogP contribution in [0.15, 0.2) is 4.99 Å². The zero-order valence-corrected chi connectivity index (χ0v) is 8.90. The molecule has 0 aromatic heterocycles. The zero-order valence-electron chi connectivity index (χ0n) is 8.08. The first-order valence-corrected chi connectivity index (χ1v) is 4.12. The summed E-state index contributed by atoms with van der Waals surface area (Å²) in [4.78, 5) is 4.04. The van der Waals surface area contributed by atoms with Crippen molar-refractivity contribution >= 4 is 18.4 Å². The SMILES string of the molecule is CCCC(N)N=C=[N+](C)CC.Cl. The van der Waals surface area contributed by atoms with Gasteiger partial charge >= 0.3 is 6.01 Å². The van der Waals surface area contributed by atoms with Gasteiger partial charge in [0, 0.05) is 6.42 Å². The lowest BCUT2D eigenvalue weighted by Crippen LogP contribution is -2.16. The maximum absolute atomic E-state index is 5.63. The predicted molar refractivity (Wildman–Crippen MR) is 54.3 cm³/mol. The third-order valence-electron chi connectivity index (χ3n) is 1.45. The highest BCUT2D eigenvalue weighted by atomic mass is 35.5. The van der Waals surface area contributed by atoms with Crippen molar-refractivity contribution in [2.24, 2.45) is 10.7 Å². The Labute approximate surface area is 80.8 Å². The summed E-state index contributed by atoms with van der Waals surface area (Å²) in [6, 6.07) is 2.85. The van der Waals surface area contributed by atoms with Crippen molar-refractivity contribution < 1.29 is 4.58 Å². The lowest BCUT2D eigenvalue weighted by Gasteiger charge is -1.92. The molecule has 4 heteroatoms. The first-order valence-electron chi connectivity index (χ1n) is 4.12. The Hall–Kier alpha value is -0.370.